The molecule has 2 aromatic carbocycles. The summed E-state index contributed by atoms with van der Waals surface area (Å²) in [4.78, 5) is 17.7. The van der Waals surface area contributed by atoms with Crippen molar-refractivity contribution in [2.75, 3.05) is 13.7 Å². The minimum absolute atomic E-state index is 0.402. The number of nitrogens with zero attached hydrogens (tertiary/aromatic N) is 1. The van der Waals surface area contributed by atoms with E-state index >= 15 is 0 Å². The van der Waals surface area contributed by atoms with Crippen molar-refractivity contribution in [1.29, 1.82) is 0 Å². The number of benzene rings is 2. The van der Waals surface area contributed by atoms with E-state index in [0.29, 0.717) is 28.7 Å². The van der Waals surface area contributed by atoms with Crippen molar-refractivity contribution in [3.63, 3.8) is 0 Å². The fraction of sp³-hybridized carbons (Fsp3) is 0.250. The van der Waals surface area contributed by atoms with E-state index < -0.39 is 5.91 Å². The molecule has 0 radical (unpaired) electrons. The molecule has 0 fully saturated rings. The highest BCUT2D eigenvalue weighted by molar-refractivity contribution is 7.16. The predicted molar refractivity (Wildman–Crippen MR) is 121 cm³/mol. The second-order valence-electron chi connectivity index (χ2n) is 7.15. The average molecular weight is 421 g/mol. The van der Waals surface area contributed by atoms with E-state index in [9.17, 15) is 4.79 Å². The van der Waals surface area contributed by atoms with Gasteiger partial charge >= 0.3 is 0 Å². The Labute approximate surface area is 180 Å². The lowest BCUT2D eigenvalue weighted by Gasteiger charge is -2.11. The van der Waals surface area contributed by atoms with Crippen LogP contribution in [0.3, 0.4) is 0 Å². The molecule has 3 aromatic rings. The van der Waals surface area contributed by atoms with Crippen molar-refractivity contribution in [1.82, 2.24) is 0 Å². The van der Waals surface area contributed by atoms with Crippen molar-refractivity contribution in [2.45, 2.75) is 25.7 Å². The summed E-state index contributed by atoms with van der Waals surface area (Å²) in [5, 5.41) is 0.689. The summed E-state index contributed by atoms with van der Waals surface area (Å²) in [7, 11) is 1.62. The van der Waals surface area contributed by atoms with E-state index in [-0.39, 0.29) is 0 Å². The Morgan fingerprint density at radius 1 is 1.17 bits per heavy atom. The molecule has 4 rings (SSSR count). The van der Waals surface area contributed by atoms with Gasteiger partial charge in [0.25, 0.3) is 5.91 Å². The molecule has 0 spiro atoms. The second-order valence-corrected chi connectivity index (χ2v) is 8.24. The zero-order chi connectivity index (χ0) is 20.9. The molecule has 1 aromatic heterocycles. The van der Waals surface area contributed by atoms with Gasteiger partial charge in [-0.25, -0.2) is 4.99 Å². The molecule has 1 heterocycles. The molecule has 1 aliphatic carbocycles. The van der Waals surface area contributed by atoms with Crippen molar-refractivity contribution in [3.8, 4) is 11.5 Å². The molecule has 2 N–H and O–H groups in total. The van der Waals surface area contributed by atoms with Gasteiger partial charge in [0.1, 0.15) is 5.00 Å². The maximum Gasteiger partial charge on any atom is 0.252 e. The number of rotatable bonds is 8. The number of hydrogen-bond acceptors (Lipinski definition) is 5. The van der Waals surface area contributed by atoms with Gasteiger partial charge in [0.15, 0.2) is 11.5 Å². The van der Waals surface area contributed by atoms with Crippen LogP contribution in [0.4, 0.5) is 5.00 Å². The van der Waals surface area contributed by atoms with Crippen molar-refractivity contribution in [2.24, 2.45) is 10.7 Å². The second kappa shape index (κ2) is 9.13. The lowest BCUT2D eigenvalue weighted by Crippen LogP contribution is -2.12. The van der Waals surface area contributed by atoms with E-state index in [1.165, 1.54) is 10.4 Å². The van der Waals surface area contributed by atoms with Crippen LogP contribution in [-0.2, 0) is 19.3 Å². The Morgan fingerprint density at radius 2 is 2.00 bits per heavy atom. The number of primary amides is 1. The van der Waals surface area contributed by atoms with Crippen LogP contribution in [0.2, 0.25) is 0 Å². The van der Waals surface area contributed by atoms with Gasteiger partial charge in [-0.1, -0.05) is 30.3 Å². The quantitative estimate of drug-likeness (QED) is 0.536. The van der Waals surface area contributed by atoms with Crippen LogP contribution in [0.1, 0.15) is 38.3 Å². The molecular formula is C24H24N2O3S. The molecule has 0 atom stereocenters. The fourth-order valence-corrected chi connectivity index (χ4v) is 4.91. The molecule has 1 aliphatic rings. The molecule has 154 valence electrons. The zero-order valence-electron chi connectivity index (χ0n) is 16.9. The number of ether oxygens (including phenoxy) is 2. The third kappa shape index (κ3) is 4.39. The summed E-state index contributed by atoms with van der Waals surface area (Å²) in [6, 6.07) is 15.9. The van der Waals surface area contributed by atoms with E-state index in [2.05, 4.69) is 17.1 Å². The van der Waals surface area contributed by atoms with E-state index in [4.69, 9.17) is 15.2 Å². The first-order chi connectivity index (χ1) is 14.7. The van der Waals surface area contributed by atoms with Crippen LogP contribution in [0.15, 0.2) is 53.5 Å². The van der Waals surface area contributed by atoms with Crippen molar-refractivity contribution in [3.05, 3.63) is 75.7 Å². The highest BCUT2D eigenvalue weighted by Crippen LogP contribution is 2.40. The first-order valence-electron chi connectivity index (χ1n) is 9.99. The molecule has 6 heteroatoms. The number of aryl methyl sites for hydroxylation is 1. The largest absolute Gasteiger partial charge is 0.493 e. The highest BCUT2D eigenvalue weighted by atomic mass is 32.1. The van der Waals surface area contributed by atoms with Gasteiger partial charge in [0.05, 0.1) is 19.3 Å². The number of carbonyl (C=O) groups is 1. The average Bonchev–Trinajstić information content (AvgIpc) is 3.34. The molecule has 30 heavy (non-hydrogen) atoms. The molecule has 0 saturated heterocycles. The normalized spacial score (nSPS) is 12.8. The Bertz CT molecular complexity index is 1070. The number of amides is 1. The Morgan fingerprint density at radius 3 is 2.77 bits per heavy atom. The van der Waals surface area contributed by atoms with Crippen LogP contribution in [0, 0.1) is 0 Å². The summed E-state index contributed by atoms with van der Waals surface area (Å²) in [6.07, 6.45) is 5.55. The van der Waals surface area contributed by atoms with Crippen molar-refractivity contribution < 1.29 is 14.3 Å². The minimum atomic E-state index is -0.402. The van der Waals surface area contributed by atoms with Gasteiger partial charge in [0, 0.05) is 17.5 Å². The van der Waals surface area contributed by atoms with Gasteiger partial charge in [-0.15, -0.1) is 11.3 Å². The summed E-state index contributed by atoms with van der Waals surface area (Å²) in [6.45, 7) is 0.566. The first kappa shape index (κ1) is 20.2. The van der Waals surface area contributed by atoms with Crippen LogP contribution >= 0.6 is 11.3 Å². The molecule has 1 amide bonds. The molecule has 0 unspecified atom stereocenters. The molecule has 0 bridgehead atoms. The van der Waals surface area contributed by atoms with Gasteiger partial charge in [-0.05, 0) is 54.2 Å². The van der Waals surface area contributed by atoms with Gasteiger partial charge in [-0.3, -0.25) is 4.79 Å². The number of fused-ring (bicyclic) bond motifs is 1. The van der Waals surface area contributed by atoms with E-state index in [1.807, 2.05) is 36.4 Å². The first-order valence-corrected chi connectivity index (χ1v) is 10.8. The van der Waals surface area contributed by atoms with E-state index in [0.717, 1.165) is 36.8 Å². The summed E-state index contributed by atoms with van der Waals surface area (Å²) in [5.41, 5.74) is 9.37. The van der Waals surface area contributed by atoms with Crippen molar-refractivity contribution >= 4 is 28.5 Å². The smallest absolute Gasteiger partial charge is 0.252 e. The number of methoxy groups -OCH3 is 1. The monoisotopic (exact) mass is 420 g/mol. The highest BCUT2D eigenvalue weighted by Gasteiger charge is 2.24. The van der Waals surface area contributed by atoms with Crippen LogP contribution in [0.25, 0.3) is 0 Å². The van der Waals surface area contributed by atoms with E-state index in [1.54, 1.807) is 24.7 Å². The lowest BCUT2D eigenvalue weighted by molar-refractivity contribution is 0.100. The number of hydrogen-bond donors (Lipinski definition) is 1. The third-order valence-electron chi connectivity index (χ3n) is 5.16. The van der Waals surface area contributed by atoms with Gasteiger partial charge in [-0.2, -0.15) is 0 Å². The topological polar surface area (TPSA) is 73.9 Å². The minimum Gasteiger partial charge on any atom is -0.493 e. The summed E-state index contributed by atoms with van der Waals surface area (Å²) >= 11 is 1.56. The Kier molecular flexibility index (Phi) is 6.14. The molecule has 5 nitrogen and oxygen atoms in total. The number of aliphatic imine (C=N–C) groups is 1. The zero-order valence-corrected chi connectivity index (χ0v) is 17.7. The third-order valence-corrected chi connectivity index (χ3v) is 6.36. The number of nitrogens with two attached hydrogens (primary N) is 1. The Balaban J connectivity index is 1.47. The maximum atomic E-state index is 11.9. The molecule has 0 aliphatic heterocycles. The van der Waals surface area contributed by atoms with Gasteiger partial charge < -0.3 is 15.2 Å². The SMILES string of the molecule is COc1cc(C=Nc2sc3c(c2C(N)=O)CCC3)ccc1OCCc1ccccc1. The molecule has 0 saturated carbocycles. The summed E-state index contributed by atoms with van der Waals surface area (Å²) in [5.74, 6) is 0.940. The maximum absolute atomic E-state index is 11.9. The number of carbonyl (C=O) groups excluding carboxylic acids is 1. The predicted octanol–water partition coefficient (Wildman–Crippen LogP) is 4.72. The number of thiophene rings is 1. The van der Waals surface area contributed by atoms with Gasteiger partial charge in [0.2, 0.25) is 0 Å². The lowest BCUT2D eigenvalue weighted by atomic mass is 10.1. The van der Waals surface area contributed by atoms with Crippen LogP contribution in [0.5, 0.6) is 11.5 Å². The molecular weight excluding hydrogens is 396 g/mol. The standard InChI is InChI=1S/C24H24N2O3S/c1-28-20-14-17(10-11-19(20)29-13-12-16-6-3-2-4-7-16)15-26-24-22(23(25)27)18-8-5-9-21(18)30-24/h2-4,6-7,10-11,14-15H,5,8-9,12-13H2,1H3,(H2,25,27). The Hall–Kier alpha value is -3.12. The summed E-state index contributed by atoms with van der Waals surface area (Å²) < 4.78 is 11.4. The fourth-order valence-electron chi connectivity index (χ4n) is 3.68. The van der Waals surface area contributed by atoms with Crippen LogP contribution < -0.4 is 15.2 Å². The van der Waals surface area contributed by atoms with Crippen LogP contribution in [-0.4, -0.2) is 25.8 Å².